The van der Waals surface area contributed by atoms with Gasteiger partial charge in [-0.2, -0.15) is 0 Å². The number of halogens is 2. The van der Waals surface area contributed by atoms with Crippen LogP contribution in [0.25, 0.3) is 0 Å². The lowest BCUT2D eigenvalue weighted by Gasteiger charge is -2.17. The van der Waals surface area contributed by atoms with Crippen LogP contribution in [0.1, 0.15) is 11.1 Å². The largest absolute Gasteiger partial charge is 0.391 e. The Labute approximate surface area is 151 Å². The third-order valence-electron chi connectivity index (χ3n) is 3.46. The Morgan fingerprint density at radius 2 is 1.46 bits per heavy atom. The predicted octanol–water partition coefficient (Wildman–Crippen LogP) is 3.91. The minimum atomic E-state index is -3.45. The molecule has 7 heteroatoms. The first-order valence-corrected chi connectivity index (χ1v) is 10.3. The summed E-state index contributed by atoms with van der Waals surface area (Å²) in [6, 6.07) is 14.2. The maximum Gasteiger partial charge on any atom is 0.207 e. The van der Waals surface area contributed by atoms with Crippen LogP contribution in [0.15, 0.2) is 48.5 Å². The summed E-state index contributed by atoms with van der Waals surface area (Å²) in [5.41, 5.74) is 1.76. The summed E-state index contributed by atoms with van der Waals surface area (Å²) in [7, 11) is -3.45. The number of rotatable bonds is 8. The molecule has 0 saturated heterocycles. The van der Waals surface area contributed by atoms with E-state index in [1.54, 1.807) is 36.4 Å². The molecule has 3 N–H and O–H groups in total. The molecule has 0 aromatic heterocycles. The number of hydrogen-bond donors (Lipinski definition) is 3. The van der Waals surface area contributed by atoms with E-state index in [9.17, 15) is 14.6 Å². The molecule has 0 spiro atoms. The van der Waals surface area contributed by atoms with Crippen molar-refractivity contribution in [2.75, 3.05) is 12.7 Å². The minimum absolute atomic E-state index is 0.0262. The van der Waals surface area contributed by atoms with Crippen LogP contribution in [0, 0.1) is 0 Å². The van der Waals surface area contributed by atoms with Crippen molar-refractivity contribution in [2.45, 2.75) is 18.8 Å². The SMILES string of the molecule is O=P(O)(Cc1ccc(Cl)cc1)CC(O)CNCc1ccc(Cl)cc1. The molecule has 0 saturated carbocycles. The van der Waals surface area contributed by atoms with Gasteiger partial charge in [-0.05, 0) is 35.4 Å². The van der Waals surface area contributed by atoms with Crippen LogP contribution in [0.4, 0.5) is 0 Å². The van der Waals surface area contributed by atoms with Gasteiger partial charge in [0.1, 0.15) is 0 Å². The highest BCUT2D eigenvalue weighted by Crippen LogP contribution is 2.44. The summed E-state index contributed by atoms with van der Waals surface area (Å²) in [4.78, 5) is 10.1. The molecule has 0 aliphatic carbocycles. The lowest BCUT2D eigenvalue weighted by molar-refractivity contribution is 0.190. The van der Waals surface area contributed by atoms with Gasteiger partial charge in [-0.1, -0.05) is 47.5 Å². The highest BCUT2D eigenvalue weighted by atomic mass is 35.5. The van der Waals surface area contributed by atoms with E-state index in [1.807, 2.05) is 12.1 Å². The Balaban J connectivity index is 1.77. The van der Waals surface area contributed by atoms with E-state index in [0.717, 1.165) is 11.1 Å². The molecular weight excluding hydrogens is 368 g/mol. The van der Waals surface area contributed by atoms with Crippen molar-refractivity contribution in [1.82, 2.24) is 5.32 Å². The maximum absolute atomic E-state index is 12.3. The van der Waals surface area contributed by atoms with Crippen molar-refractivity contribution < 1.29 is 14.6 Å². The van der Waals surface area contributed by atoms with Crippen molar-refractivity contribution in [3.05, 3.63) is 69.7 Å². The van der Waals surface area contributed by atoms with Crippen LogP contribution in [0.5, 0.6) is 0 Å². The van der Waals surface area contributed by atoms with Gasteiger partial charge in [-0.15, -0.1) is 0 Å². The molecule has 0 aliphatic heterocycles. The maximum atomic E-state index is 12.3. The fraction of sp³-hybridized carbons (Fsp3) is 0.294. The van der Waals surface area contributed by atoms with E-state index in [-0.39, 0.29) is 18.9 Å². The first-order chi connectivity index (χ1) is 11.3. The monoisotopic (exact) mass is 387 g/mol. The first kappa shape index (κ1) is 19.5. The summed E-state index contributed by atoms with van der Waals surface area (Å²) in [5.74, 6) is 0. The number of benzene rings is 2. The zero-order valence-corrected chi connectivity index (χ0v) is 15.4. The van der Waals surface area contributed by atoms with E-state index in [0.29, 0.717) is 16.6 Å². The second kappa shape index (κ2) is 9.00. The molecule has 4 nitrogen and oxygen atoms in total. The van der Waals surface area contributed by atoms with Crippen LogP contribution >= 0.6 is 30.6 Å². The van der Waals surface area contributed by atoms with E-state index >= 15 is 0 Å². The smallest absolute Gasteiger partial charge is 0.207 e. The van der Waals surface area contributed by atoms with E-state index in [1.165, 1.54) is 0 Å². The molecule has 0 fully saturated rings. The Bertz CT molecular complexity index is 692. The van der Waals surface area contributed by atoms with Gasteiger partial charge in [0.25, 0.3) is 0 Å². The number of aliphatic hydroxyl groups is 1. The van der Waals surface area contributed by atoms with Crippen molar-refractivity contribution in [1.29, 1.82) is 0 Å². The van der Waals surface area contributed by atoms with Gasteiger partial charge < -0.3 is 15.3 Å². The highest BCUT2D eigenvalue weighted by Gasteiger charge is 2.23. The molecular formula is C17H20Cl2NO3P. The zero-order valence-electron chi connectivity index (χ0n) is 13.0. The zero-order chi connectivity index (χ0) is 17.6. The molecule has 2 atom stereocenters. The van der Waals surface area contributed by atoms with Gasteiger partial charge >= 0.3 is 0 Å². The lowest BCUT2D eigenvalue weighted by atomic mass is 10.2. The standard InChI is InChI=1S/C17H20Cl2NO3P/c18-15-5-1-13(2-6-15)9-20-10-17(21)12-24(22,23)11-14-3-7-16(19)8-4-14/h1-8,17,20-21H,9-12H2,(H,22,23). The molecule has 130 valence electrons. The van der Waals surface area contributed by atoms with Crippen LogP contribution in [0.3, 0.4) is 0 Å². The highest BCUT2D eigenvalue weighted by molar-refractivity contribution is 7.57. The van der Waals surface area contributed by atoms with Gasteiger partial charge in [0.05, 0.1) is 12.3 Å². The summed E-state index contributed by atoms with van der Waals surface area (Å²) < 4.78 is 12.3. The first-order valence-electron chi connectivity index (χ1n) is 7.52. The van der Waals surface area contributed by atoms with E-state index in [4.69, 9.17) is 23.2 Å². The van der Waals surface area contributed by atoms with Crippen LogP contribution in [-0.4, -0.2) is 28.8 Å². The Morgan fingerprint density at radius 3 is 2.00 bits per heavy atom. The van der Waals surface area contributed by atoms with Crippen LogP contribution in [-0.2, 0) is 17.3 Å². The molecule has 0 radical (unpaired) electrons. The van der Waals surface area contributed by atoms with Gasteiger partial charge in [0.2, 0.25) is 7.37 Å². The predicted molar refractivity (Wildman–Crippen MR) is 99.0 cm³/mol. The fourth-order valence-corrected chi connectivity index (χ4v) is 4.27. The Morgan fingerprint density at radius 1 is 0.958 bits per heavy atom. The number of nitrogens with one attached hydrogen (secondary N) is 1. The van der Waals surface area contributed by atoms with Crippen molar-refractivity contribution in [3.8, 4) is 0 Å². The third kappa shape index (κ3) is 6.94. The Kier molecular flexibility index (Phi) is 7.30. The summed E-state index contributed by atoms with van der Waals surface area (Å²) >= 11 is 11.6. The molecule has 2 aromatic rings. The number of aliphatic hydroxyl groups excluding tert-OH is 1. The molecule has 2 aromatic carbocycles. The molecule has 0 aliphatic rings. The summed E-state index contributed by atoms with van der Waals surface area (Å²) in [6.07, 6.45) is -1.01. The lowest BCUT2D eigenvalue weighted by Crippen LogP contribution is -2.29. The van der Waals surface area contributed by atoms with Gasteiger partial charge in [-0.3, -0.25) is 4.57 Å². The average Bonchev–Trinajstić information content (AvgIpc) is 2.51. The van der Waals surface area contributed by atoms with Crippen molar-refractivity contribution >= 4 is 30.6 Å². The summed E-state index contributed by atoms with van der Waals surface area (Å²) in [6.45, 7) is 0.801. The van der Waals surface area contributed by atoms with E-state index < -0.39 is 13.5 Å². The normalized spacial score (nSPS) is 15.0. The second-order valence-electron chi connectivity index (χ2n) is 5.72. The summed E-state index contributed by atoms with van der Waals surface area (Å²) in [5, 5.41) is 14.3. The number of hydrogen-bond acceptors (Lipinski definition) is 3. The quantitative estimate of drug-likeness (QED) is 0.600. The minimum Gasteiger partial charge on any atom is -0.391 e. The van der Waals surface area contributed by atoms with Crippen LogP contribution in [0.2, 0.25) is 10.0 Å². The third-order valence-corrected chi connectivity index (χ3v) is 5.82. The molecule has 2 rings (SSSR count). The molecule has 2 unspecified atom stereocenters. The Hall–Kier alpha value is -0.870. The van der Waals surface area contributed by atoms with Crippen molar-refractivity contribution in [3.63, 3.8) is 0 Å². The van der Waals surface area contributed by atoms with Gasteiger partial charge in [-0.25, -0.2) is 0 Å². The van der Waals surface area contributed by atoms with Crippen LogP contribution < -0.4 is 5.32 Å². The van der Waals surface area contributed by atoms with Crippen molar-refractivity contribution in [2.24, 2.45) is 0 Å². The van der Waals surface area contributed by atoms with Gasteiger partial charge in [0.15, 0.2) is 0 Å². The molecule has 0 bridgehead atoms. The van der Waals surface area contributed by atoms with E-state index in [2.05, 4.69) is 5.32 Å². The van der Waals surface area contributed by atoms with Gasteiger partial charge in [0, 0.05) is 29.3 Å². The fourth-order valence-electron chi connectivity index (χ4n) is 2.32. The molecule has 0 heterocycles. The molecule has 24 heavy (non-hydrogen) atoms. The average molecular weight is 388 g/mol. The second-order valence-corrected chi connectivity index (χ2v) is 8.97. The topological polar surface area (TPSA) is 69.6 Å². The molecule has 0 amide bonds.